The number of ether oxygens (including phenoxy) is 2. The highest BCUT2D eigenvalue weighted by Crippen LogP contribution is 2.26. The SMILES string of the molecule is C[C@H](OC(=O)[C@@H](N)Cc1ccc(O)c(O)c1)[C@@H](C)OC(=O)C1CCCCCC1. The molecule has 1 aliphatic carbocycles. The molecular weight excluding hydrogens is 362 g/mol. The Kier molecular flexibility index (Phi) is 8.11. The van der Waals surface area contributed by atoms with Crippen LogP contribution in [0.3, 0.4) is 0 Å². The van der Waals surface area contributed by atoms with E-state index in [1.54, 1.807) is 19.9 Å². The molecule has 0 amide bonds. The number of hydrogen-bond acceptors (Lipinski definition) is 7. The molecule has 0 spiro atoms. The topological polar surface area (TPSA) is 119 Å². The van der Waals surface area contributed by atoms with Gasteiger partial charge in [-0.3, -0.25) is 9.59 Å². The Labute approximate surface area is 165 Å². The minimum atomic E-state index is -0.934. The first-order chi connectivity index (χ1) is 13.3. The minimum Gasteiger partial charge on any atom is -0.504 e. The van der Waals surface area contributed by atoms with E-state index in [9.17, 15) is 19.8 Å². The fourth-order valence-corrected chi connectivity index (χ4v) is 3.29. The highest BCUT2D eigenvalue weighted by Gasteiger charge is 2.28. The van der Waals surface area contributed by atoms with Crippen molar-refractivity contribution in [1.82, 2.24) is 0 Å². The lowest BCUT2D eigenvalue weighted by molar-refractivity contribution is -0.169. The standard InChI is InChI=1S/C21H31NO6/c1-13(27-20(25)16-7-5-3-4-6-8-16)14(2)28-21(26)17(22)11-15-9-10-18(23)19(24)12-15/h9-10,12-14,16-17,23-24H,3-8,11,22H2,1-2H3/t13-,14+,17+/m1/s1. The molecule has 0 heterocycles. The van der Waals surface area contributed by atoms with Crippen LogP contribution in [0.5, 0.6) is 11.5 Å². The van der Waals surface area contributed by atoms with Crippen LogP contribution in [0.15, 0.2) is 18.2 Å². The number of phenols is 2. The third-order valence-corrected chi connectivity index (χ3v) is 5.25. The van der Waals surface area contributed by atoms with Crippen LogP contribution in [-0.2, 0) is 25.5 Å². The lowest BCUT2D eigenvalue weighted by Gasteiger charge is -2.24. The second-order valence-corrected chi connectivity index (χ2v) is 7.61. The van der Waals surface area contributed by atoms with Gasteiger partial charge in [0.15, 0.2) is 11.5 Å². The van der Waals surface area contributed by atoms with Crippen molar-refractivity contribution in [1.29, 1.82) is 0 Å². The van der Waals surface area contributed by atoms with Crippen LogP contribution < -0.4 is 5.73 Å². The Balaban J connectivity index is 1.82. The zero-order valence-electron chi connectivity index (χ0n) is 16.6. The summed E-state index contributed by atoms with van der Waals surface area (Å²) in [7, 11) is 0. The number of nitrogens with two attached hydrogens (primary N) is 1. The molecule has 0 bridgehead atoms. The normalized spacial score (nSPS) is 18.5. The van der Waals surface area contributed by atoms with Crippen LogP contribution in [0.2, 0.25) is 0 Å². The summed E-state index contributed by atoms with van der Waals surface area (Å²) in [6, 6.07) is 3.32. The number of hydrogen-bond donors (Lipinski definition) is 3. The molecule has 3 atom stereocenters. The van der Waals surface area contributed by atoms with Gasteiger partial charge in [-0.05, 0) is 50.8 Å². The third kappa shape index (κ3) is 6.41. The van der Waals surface area contributed by atoms with E-state index < -0.39 is 24.2 Å². The van der Waals surface area contributed by atoms with E-state index in [2.05, 4.69) is 0 Å². The molecular formula is C21H31NO6. The number of phenolic OH excluding ortho intramolecular Hbond substituents is 2. The van der Waals surface area contributed by atoms with E-state index in [-0.39, 0.29) is 29.8 Å². The zero-order chi connectivity index (χ0) is 20.7. The predicted octanol–water partition coefficient (Wildman–Crippen LogP) is 2.80. The Morgan fingerprint density at radius 2 is 1.64 bits per heavy atom. The number of carbonyl (C=O) groups is 2. The average Bonchev–Trinajstić information content (AvgIpc) is 2.94. The fourth-order valence-electron chi connectivity index (χ4n) is 3.29. The van der Waals surface area contributed by atoms with Gasteiger partial charge in [0.25, 0.3) is 0 Å². The first-order valence-electron chi connectivity index (χ1n) is 9.95. The van der Waals surface area contributed by atoms with Crippen molar-refractivity contribution >= 4 is 11.9 Å². The number of aromatic hydroxyl groups is 2. The van der Waals surface area contributed by atoms with Gasteiger partial charge in [-0.1, -0.05) is 31.7 Å². The van der Waals surface area contributed by atoms with E-state index in [1.165, 1.54) is 12.1 Å². The summed E-state index contributed by atoms with van der Waals surface area (Å²) in [5, 5.41) is 18.9. The van der Waals surface area contributed by atoms with Gasteiger partial charge in [-0.25, -0.2) is 0 Å². The Hall–Kier alpha value is -2.28. The molecule has 7 heteroatoms. The average molecular weight is 393 g/mol. The van der Waals surface area contributed by atoms with Gasteiger partial charge in [0.05, 0.1) is 5.92 Å². The summed E-state index contributed by atoms with van der Waals surface area (Å²) in [5.74, 6) is -1.42. The number of rotatable bonds is 7. The second-order valence-electron chi connectivity index (χ2n) is 7.61. The van der Waals surface area contributed by atoms with Crippen molar-refractivity contribution in [3.05, 3.63) is 23.8 Å². The molecule has 0 unspecified atom stereocenters. The molecule has 1 fully saturated rings. The summed E-state index contributed by atoms with van der Waals surface area (Å²) < 4.78 is 10.9. The highest BCUT2D eigenvalue weighted by molar-refractivity contribution is 5.76. The summed E-state index contributed by atoms with van der Waals surface area (Å²) in [4.78, 5) is 24.6. The van der Waals surface area contributed by atoms with Crippen molar-refractivity contribution in [2.75, 3.05) is 0 Å². The van der Waals surface area contributed by atoms with E-state index >= 15 is 0 Å². The smallest absolute Gasteiger partial charge is 0.323 e. The maximum absolute atomic E-state index is 12.4. The molecule has 28 heavy (non-hydrogen) atoms. The Morgan fingerprint density at radius 1 is 1.04 bits per heavy atom. The minimum absolute atomic E-state index is 0.0720. The number of carbonyl (C=O) groups excluding carboxylic acids is 2. The molecule has 1 aromatic rings. The van der Waals surface area contributed by atoms with Crippen LogP contribution in [0.25, 0.3) is 0 Å². The number of benzene rings is 1. The van der Waals surface area contributed by atoms with E-state index in [1.807, 2.05) is 0 Å². The van der Waals surface area contributed by atoms with E-state index in [4.69, 9.17) is 15.2 Å². The number of esters is 2. The largest absolute Gasteiger partial charge is 0.504 e. The van der Waals surface area contributed by atoms with Crippen LogP contribution in [0.1, 0.15) is 57.9 Å². The molecule has 1 aromatic carbocycles. The fraction of sp³-hybridized carbons (Fsp3) is 0.619. The lowest BCUT2D eigenvalue weighted by atomic mass is 10.0. The van der Waals surface area contributed by atoms with Crippen molar-refractivity contribution in [3.8, 4) is 11.5 Å². The molecule has 156 valence electrons. The summed E-state index contributed by atoms with van der Waals surface area (Å²) in [6.07, 6.45) is 5.06. The third-order valence-electron chi connectivity index (χ3n) is 5.25. The van der Waals surface area contributed by atoms with Crippen LogP contribution in [0, 0.1) is 5.92 Å². The first-order valence-corrected chi connectivity index (χ1v) is 9.95. The van der Waals surface area contributed by atoms with E-state index in [0.717, 1.165) is 38.5 Å². The van der Waals surface area contributed by atoms with Gasteiger partial charge < -0.3 is 25.4 Å². The van der Waals surface area contributed by atoms with Gasteiger partial charge in [-0.2, -0.15) is 0 Å². The van der Waals surface area contributed by atoms with Gasteiger partial charge in [0.2, 0.25) is 0 Å². The molecule has 2 rings (SSSR count). The lowest BCUT2D eigenvalue weighted by Crippen LogP contribution is -2.40. The first kappa shape index (κ1) is 22.0. The van der Waals surface area contributed by atoms with Crippen LogP contribution in [0.4, 0.5) is 0 Å². The van der Waals surface area contributed by atoms with Gasteiger partial charge in [0.1, 0.15) is 18.2 Å². The quantitative estimate of drug-likeness (QED) is 0.370. The maximum Gasteiger partial charge on any atom is 0.323 e. The molecule has 7 nitrogen and oxygen atoms in total. The predicted molar refractivity (Wildman–Crippen MR) is 104 cm³/mol. The van der Waals surface area contributed by atoms with Crippen molar-refractivity contribution in [2.45, 2.75) is 77.0 Å². The highest BCUT2D eigenvalue weighted by atomic mass is 16.6. The second kappa shape index (κ2) is 10.3. The molecule has 0 aromatic heterocycles. The van der Waals surface area contributed by atoms with Crippen LogP contribution >= 0.6 is 0 Å². The summed E-state index contributed by atoms with van der Waals surface area (Å²) in [6.45, 7) is 3.37. The van der Waals surface area contributed by atoms with Crippen molar-refractivity contribution in [3.63, 3.8) is 0 Å². The van der Waals surface area contributed by atoms with Gasteiger partial charge in [-0.15, -0.1) is 0 Å². The molecule has 0 saturated heterocycles. The van der Waals surface area contributed by atoms with Gasteiger partial charge in [0, 0.05) is 0 Å². The van der Waals surface area contributed by atoms with Crippen molar-refractivity contribution < 1.29 is 29.3 Å². The molecule has 1 saturated carbocycles. The maximum atomic E-state index is 12.4. The Morgan fingerprint density at radius 3 is 2.25 bits per heavy atom. The summed E-state index contributed by atoms with van der Waals surface area (Å²) in [5.41, 5.74) is 6.49. The molecule has 1 aliphatic rings. The monoisotopic (exact) mass is 393 g/mol. The Bertz CT molecular complexity index is 669. The molecule has 0 aliphatic heterocycles. The molecule has 0 radical (unpaired) electrons. The van der Waals surface area contributed by atoms with Gasteiger partial charge >= 0.3 is 11.9 Å². The summed E-state index contributed by atoms with van der Waals surface area (Å²) >= 11 is 0. The molecule has 4 N–H and O–H groups in total. The van der Waals surface area contributed by atoms with E-state index in [0.29, 0.717) is 5.56 Å². The van der Waals surface area contributed by atoms with Crippen molar-refractivity contribution in [2.24, 2.45) is 11.7 Å². The zero-order valence-corrected chi connectivity index (χ0v) is 16.6. The van der Waals surface area contributed by atoms with Crippen LogP contribution in [-0.4, -0.2) is 40.4 Å².